The van der Waals surface area contributed by atoms with E-state index in [4.69, 9.17) is 33.2 Å². The van der Waals surface area contributed by atoms with Gasteiger partial charge in [0.25, 0.3) is 0 Å². The summed E-state index contributed by atoms with van der Waals surface area (Å²) in [7, 11) is 0. The maximum Gasteiger partial charge on any atom is 0.338 e. The van der Waals surface area contributed by atoms with Crippen molar-refractivity contribution in [2.24, 2.45) is 35.5 Å². The number of hydrogen-bond acceptors (Lipinski definition) is 14. The number of aliphatic carboxylic acids is 1. The van der Waals surface area contributed by atoms with Gasteiger partial charge < -0.3 is 53.6 Å². The maximum atomic E-state index is 14.2. The van der Waals surface area contributed by atoms with Crippen LogP contribution in [0.1, 0.15) is 99.3 Å². The van der Waals surface area contributed by atoms with Crippen molar-refractivity contribution in [2.75, 3.05) is 13.2 Å². The van der Waals surface area contributed by atoms with Gasteiger partial charge in [0.2, 0.25) is 0 Å². The predicted octanol–water partition coefficient (Wildman–Crippen LogP) is 4.74. The fourth-order valence-electron chi connectivity index (χ4n) is 12.9. The van der Waals surface area contributed by atoms with E-state index in [-0.39, 0.29) is 30.9 Å². The first-order valence-electron chi connectivity index (χ1n) is 22.4. The van der Waals surface area contributed by atoms with Crippen LogP contribution < -0.4 is 0 Å². The van der Waals surface area contributed by atoms with Gasteiger partial charge in [0.15, 0.2) is 5.60 Å². The number of ether oxygens (including phenoxy) is 7. The standard InChI is InChI=1S/C48H58O15/c1-26(2)44-23-31(24-57-41(53)29-16-10-7-11-17-29)47-36-39(44)61-48(62-44,63-47)32(49)20-14-6-5-9-15-27(3)35-28(4)38(59-42(54)30-18-12-8-13-19-30)46(56,37(35)47)43(55)45(40(36)60-45)25-58-34(52)22-21-33(50)51/h7-8,10-13,16-19,27-28,31-32,35-40,43,49,55-56H,1,5-6,9,14-15,20-25H2,2-4H3,(H,50,51)/t27-,28+,31+,32-,35?,36?,37?,38+,39-,40+,43-,44-,45+,46-,47-,48?/m1/s1. The number of fused-ring (bicyclic) bond motifs is 1. The second kappa shape index (κ2) is 16.0. The first-order chi connectivity index (χ1) is 30.1. The van der Waals surface area contributed by atoms with E-state index < -0.39 is 132 Å². The number of aliphatic hydroxyl groups is 3. The van der Waals surface area contributed by atoms with Gasteiger partial charge in [-0.3, -0.25) is 9.59 Å². The van der Waals surface area contributed by atoms with Gasteiger partial charge in [-0.25, -0.2) is 9.59 Å². The molecule has 4 heterocycles. The summed E-state index contributed by atoms with van der Waals surface area (Å²) in [6, 6.07) is 16.8. The summed E-state index contributed by atoms with van der Waals surface area (Å²) < 4.78 is 46.5. The second-order valence-electron chi connectivity index (χ2n) is 19.2. The Labute approximate surface area is 366 Å². The first kappa shape index (κ1) is 44.0. The van der Waals surface area contributed by atoms with Crippen LogP contribution in [0.3, 0.4) is 0 Å². The lowest BCUT2D eigenvalue weighted by Gasteiger charge is -2.62. The van der Waals surface area contributed by atoms with Crippen molar-refractivity contribution in [1.29, 1.82) is 0 Å². The molecular formula is C48H58O15. The van der Waals surface area contributed by atoms with E-state index in [1.54, 1.807) is 67.6 Å². The van der Waals surface area contributed by atoms with E-state index in [1.807, 2.05) is 6.92 Å². The molecule has 4 saturated heterocycles. The Bertz CT molecular complexity index is 2120. The zero-order valence-corrected chi connectivity index (χ0v) is 35.9. The molecule has 9 rings (SSSR count). The number of hydrogen-bond donors (Lipinski definition) is 4. The van der Waals surface area contributed by atoms with Gasteiger partial charge in [-0.15, -0.1) is 0 Å². The summed E-state index contributed by atoms with van der Waals surface area (Å²) in [6.07, 6.45) is -3.52. The molecule has 3 aliphatic carbocycles. The number of rotatable bonds is 11. The fourth-order valence-corrected chi connectivity index (χ4v) is 12.9. The van der Waals surface area contributed by atoms with Crippen LogP contribution in [0.5, 0.6) is 0 Å². The first-order valence-corrected chi connectivity index (χ1v) is 22.4. The minimum Gasteiger partial charge on any atom is -0.481 e. The number of carboxylic acid groups (broad SMARTS) is 1. The largest absolute Gasteiger partial charge is 0.481 e. The zero-order valence-electron chi connectivity index (χ0n) is 35.9. The molecule has 16 atom stereocenters. The lowest BCUT2D eigenvalue weighted by atomic mass is 9.51. The third-order valence-electron chi connectivity index (χ3n) is 15.7. The van der Waals surface area contributed by atoms with E-state index in [0.29, 0.717) is 24.0 Å². The molecule has 0 amide bonds. The fraction of sp³-hybridized carbons (Fsp3) is 0.625. The van der Waals surface area contributed by atoms with E-state index >= 15 is 0 Å². The monoisotopic (exact) mass is 874 g/mol. The van der Waals surface area contributed by atoms with Crippen molar-refractivity contribution >= 4 is 23.9 Å². The Morgan fingerprint density at radius 2 is 1.48 bits per heavy atom. The molecule has 4 aliphatic heterocycles. The SMILES string of the molecule is C=C(C)[C@]12C[C@@H](COC(=O)c3ccccc3)[C@@]34OC5(O[C@@H]1C3[C@@H]1O[C@]1(COC(=O)CCC(=O)O)[C@@H](O)[C@@]1(O)C4C([C@H](C)CCCCCC[C@H]5O)[C@H](C)[C@@H]1OC(=O)c1ccccc1)O2. The van der Waals surface area contributed by atoms with Gasteiger partial charge in [0.1, 0.15) is 48.3 Å². The second-order valence-corrected chi connectivity index (χ2v) is 19.2. The topological polar surface area (TPSA) is 217 Å². The molecule has 2 aromatic rings. The summed E-state index contributed by atoms with van der Waals surface area (Å²) in [6.45, 7) is 9.27. The van der Waals surface area contributed by atoms with Gasteiger partial charge >= 0.3 is 29.9 Å². The van der Waals surface area contributed by atoms with Crippen LogP contribution in [-0.2, 0) is 42.7 Å². The molecule has 63 heavy (non-hydrogen) atoms. The minimum absolute atomic E-state index is 0.0938. The molecule has 3 saturated carbocycles. The lowest BCUT2D eigenvalue weighted by Crippen LogP contribution is -2.75. The van der Waals surface area contributed by atoms with Crippen LogP contribution >= 0.6 is 0 Å². The van der Waals surface area contributed by atoms with Gasteiger partial charge in [-0.1, -0.05) is 88.9 Å². The molecule has 4 unspecified atom stereocenters. The van der Waals surface area contributed by atoms with Crippen LogP contribution in [0.25, 0.3) is 0 Å². The van der Waals surface area contributed by atoms with Crippen molar-refractivity contribution in [2.45, 2.75) is 137 Å². The predicted molar refractivity (Wildman–Crippen MR) is 219 cm³/mol. The molecule has 4 N–H and O–H groups in total. The molecule has 3 bridgehead atoms. The molecule has 15 heteroatoms. The Kier molecular flexibility index (Phi) is 11.2. The van der Waals surface area contributed by atoms with Crippen molar-refractivity contribution in [3.8, 4) is 0 Å². The molecule has 15 nitrogen and oxygen atoms in total. The third-order valence-corrected chi connectivity index (χ3v) is 15.7. The normalized spacial score (nSPS) is 43.2. The smallest absolute Gasteiger partial charge is 0.338 e. The van der Waals surface area contributed by atoms with E-state index in [1.165, 1.54) is 0 Å². The molecule has 0 radical (unpaired) electrons. The summed E-state index contributed by atoms with van der Waals surface area (Å²) in [4.78, 5) is 52.6. The summed E-state index contributed by atoms with van der Waals surface area (Å²) in [5.41, 5.74) is -6.31. The quantitative estimate of drug-likeness (QED) is 0.104. The van der Waals surface area contributed by atoms with Gasteiger partial charge in [-0.05, 0) is 67.4 Å². The number of carbonyl (C=O) groups is 4. The number of aliphatic hydroxyl groups excluding tert-OH is 2. The molecule has 2 aromatic carbocycles. The van der Waals surface area contributed by atoms with Gasteiger partial charge in [0, 0.05) is 17.8 Å². The van der Waals surface area contributed by atoms with Crippen LogP contribution in [0.2, 0.25) is 0 Å². The Hall–Kier alpha value is -4.22. The highest BCUT2D eigenvalue weighted by molar-refractivity contribution is 5.90. The van der Waals surface area contributed by atoms with Crippen molar-refractivity contribution in [3.05, 3.63) is 83.9 Å². The Balaban J connectivity index is 1.27. The third kappa shape index (κ3) is 6.70. The van der Waals surface area contributed by atoms with Crippen molar-refractivity contribution < 1.29 is 72.8 Å². The number of carboxylic acids is 1. The molecule has 0 aromatic heterocycles. The molecule has 7 fully saturated rings. The molecular weight excluding hydrogens is 817 g/mol. The number of epoxide rings is 1. The maximum absolute atomic E-state index is 14.2. The van der Waals surface area contributed by atoms with E-state index in [9.17, 15) is 39.6 Å². The zero-order chi connectivity index (χ0) is 44.7. The van der Waals surface area contributed by atoms with Crippen LogP contribution in [0.15, 0.2) is 72.8 Å². The number of carbonyl (C=O) groups excluding carboxylic acids is 3. The highest BCUT2D eigenvalue weighted by Gasteiger charge is 2.91. The van der Waals surface area contributed by atoms with E-state index in [2.05, 4.69) is 13.5 Å². The average molecular weight is 875 g/mol. The van der Waals surface area contributed by atoms with E-state index in [0.717, 1.165) is 19.3 Å². The number of esters is 3. The van der Waals surface area contributed by atoms with Crippen LogP contribution in [-0.4, -0.2) is 116 Å². The summed E-state index contributed by atoms with van der Waals surface area (Å²) in [5.74, 6) is -9.84. The molecule has 7 aliphatic rings. The van der Waals surface area contributed by atoms with Crippen LogP contribution in [0.4, 0.5) is 0 Å². The highest BCUT2D eigenvalue weighted by Crippen LogP contribution is 2.76. The van der Waals surface area contributed by atoms with Crippen molar-refractivity contribution in [3.63, 3.8) is 0 Å². The van der Waals surface area contributed by atoms with Gasteiger partial charge in [0.05, 0.1) is 36.2 Å². The Morgan fingerprint density at radius 3 is 2.13 bits per heavy atom. The molecule has 2 spiro atoms. The number of benzene rings is 2. The lowest BCUT2D eigenvalue weighted by molar-refractivity contribution is -0.459. The molecule has 340 valence electrons. The summed E-state index contributed by atoms with van der Waals surface area (Å²) >= 11 is 0. The highest BCUT2D eigenvalue weighted by atomic mass is 16.9. The minimum atomic E-state index is -2.42. The summed E-state index contributed by atoms with van der Waals surface area (Å²) in [5, 5.41) is 49.0. The van der Waals surface area contributed by atoms with Crippen molar-refractivity contribution in [1.82, 2.24) is 0 Å². The van der Waals surface area contributed by atoms with Crippen LogP contribution in [0, 0.1) is 35.5 Å². The average Bonchev–Trinajstić information content (AvgIpc) is 3.90. The Morgan fingerprint density at radius 1 is 0.825 bits per heavy atom. The van der Waals surface area contributed by atoms with Gasteiger partial charge in [-0.2, -0.15) is 0 Å².